The highest BCUT2D eigenvalue weighted by molar-refractivity contribution is 5.82. The molecule has 0 radical (unpaired) electrons. The van der Waals surface area contributed by atoms with Crippen LogP contribution in [0.1, 0.15) is 5.56 Å². The molecule has 0 spiro atoms. The highest BCUT2D eigenvalue weighted by atomic mass is 19.2. The maximum absolute atomic E-state index is 13.0. The quantitative estimate of drug-likeness (QED) is 0.767. The van der Waals surface area contributed by atoms with Crippen LogP contribution in [0.2, 0.25) is 0 Å². The SMILES string of the molecule is CN(C)c1ccc(N=Cc2ccc(F)c(F)c2)cc1. The van der Waals surface area contributed by atoms with Crippen molar-refractivity contribution in [2.24, 2.45) is 4.99 Å². The van der Waals surface area contributed by atoms with Crippen molar-refractivity contribution in [3.63, 3.8) is 0 Å². The van der Waals surface area contributed by atoms with E-state index >= 15 is 0 Å². The van der Waals surface area contributed by atoms with Crippen molar-refractivity contribution in [2.45, 2.75) is 0 Å². The van der Waals surface area contributed by atoms with E-state index in [1.165, 1.54) is 12.3 Å². The van der Waals surface area contributed by atoms with Gasteiger partial charge in [-0.15, -0.1) is 0 Å². The lowest BCUT2D eigenvalue weighted by atomic mass is 10.2. The third kappa shape index (κ3) is 3.37. The summed E-state index contributed by atoms with van der Waals surface area (Å²) in [6.45, 7) is 0. The van der Waals surface area contributed by atoms with Gasteiger partial charge in [0.2, 0.25) is 0 Å². The predicted octanol–water partition coefficient (Wildman–Crippen LogP) is 3.78. The average Bonchev–Trinajstić information content (AvgIpc) is 2.40. The molecule has 0 aliphatic rings. The number of rotatable bonds is 3. The Morgan fingerprint density at radius 1 is 0.947 bits per heavy atom. The third-order valence-corrected chi connectivity index (χ3v) is 2.67. The molecule has 2 aromatic carbocycles. The lowest BCUT2D eigenvalue weighted by Crippen LogP contribution is -2.07. The minimum Gasteiger partial charge on any atom is -0.378 e. The molecule has 0 aliphatic heterocycles. The summed E-state index contributed by atoms with van der Waals surface area (Å²) in [5.74, 6) is -1.72. The van der Waals surface area contributed by atoms with Gasteiger partial charge in [-0.05, 0) is 42.0 Å². The summed E-state index contributed by atoms with van der Waals surface area (Å²) in [4.78, 5) is 6.20. The molecule has 0 aromatic heterocycles. The summed E-state index contributed by atoms with van der Waals surface area (Å²) in [5, 5.41) is 0. The van der Waals surface area contributed by atoms with Crippen LogP contribution in [0, 0.1) is 11.6 Å². The van der Waals surface area contributed by atoms with E-state index in [2.05, 4.69) is 4.99 Å². The van der Waals surface area contributed by atoms with E-state index in [4.69, 9.17) is 0 Å². The molecule has 98 valence electrons. The zero-order valence-corrected chi connectivity index (χ0v) is 10.8. The zero-order chi connectivity index (χ0) is 13.8. The highest BCUT2D eigenvalue weighted by Crippen LogP contribution is 2.18. The fourth-order valence-electron chi connectivity index (χ4n) is 1.58. The van der Waals surface area contributed by atoms with Gasteiger partial charge in [0.15, 0.2) is 11.6 Å². The molecule has 2 rings (SSSR count). The number of hydrogen-bond donors (Lipinski definition) is 0. The van der Waals surface area contributed by atoms with Gasteiger partial charge in [-0.3, -0.25) is 4.99 Å². The van der Waals surface area contributed by atoms with Crippen molar-refractivity contribution in [1.29, 1.82) is 0 Å². The second-order valence-corrected chi connectivity index (χ2v) is 4.34. The Bertz CT molecular complexity index is 590. The van der Waals surface area contributed by atoms with E-state index in [1.807, 2.05) is 43.3 Å². The van der Waals surface area contributed by atoms with Gasteiger partial charge < -0.3 is 4.90 Å². The normalized spacial score (nSPS) is 10.9. The number of aliphatic imine (C=N–C) groups is 1. The molecular weight excluding hydrogens is 246 g/mol. The standard InChI is InChI=1S/C15H14F2N2/c1-19(2)13-6-4-12(5-7-13)18-10-11-3-8-14(16)15(17)9-11/h3-10H,1-2H3. The van der Waals surface area contributed by atoms with Gasteiger partial charge in [0.1, 0.15) is 0 Å². The average molecular weight is 260 g/mol. The Balaban J connectivity index is 2.15. The molecule has 0 atom stereocenters. The summed E-state index contributed by atoms with van der Waals surface area (Å²) < 4.78 is 25.8. The Morgan fingerprint density at radius 2 is 1.63 bits per heavy atom. The van der Waals surface area contributed by atoms with Crippen LogP contribution in [0.3, 0.4) is 0 Å². The van der Waals surface area contributed by atoms with E-state index in [0.717, 1.165) is 23.5 Å². The lowest BCUT2D eigenvalue weighted by molar-refractivity contribution is 0.508. The van der Waals surface area contributed by atoms with Crippen LogP contribution in [0.25, 0.3) is 0 Å². The largest absolute Gasteiger partial charge is 0.378 e. The van der Waals surface area contributed by atoms with Gasteiger partial charge in [0.25, 0.3) is 0 Å². The van der Waals surface area contributed by atoms with E-state index < -0.39 is 11.6 Å². The van der Waals surface area contributed by atoms with Gasteiger partial charge in [0, 0.05) is 26.0 Å². The predicted molar refractivity (Wildman–Crippen MR) is 74.4 cm³/mol. The number of benzene rings is 2. The molecule has 0 heterocycles. The van der Waals surface area contributed by atoms with Gasteiger partial charge >= 0.3 is 0 Å². The monoisotopic (exact) mass is 260 g/mol. The number of hydrogen-bond acceptors (Lipinski definition) is 2. The van der Waals surface area contributed by atoms with Crippen LogP contribution in [-0.2, 0) is 0 Å². The molecule has 0 N–H and O–H groups in total. The van der Waals surface area contributed by atoms with Crippen LogP contribution in [0.4, 0.5) is 20.2 Å². The van der Waals surface area contributed by atoms with Crippen LogP contribution in [0.5, 0.6) is 0 Å². The van der Waals surface area contributed by atoms with E-state index in [0.29, 0.717) is 5.56 Å². The molecule has 4 heteroatoms. The summed E-state index contributed by atoms with van der Waals surface area (Å²) >= 11 is 0. The van der Waals surface area contributed by atoms with Crippen molar-refractivity contribution in [3.8, 4) is 0 Å². The van der Waals surface area contributed by atoms with Crippen molar-refractivity contribution in [1.82, 2.24) is 0 Å². The summed E-state index contributed by atoms with van der Waals surface area (Å²) in [6.07, 6.45) is 1.51. The van der Waals surface area contributed by atoms with Gasteiger partial charge in [-0.1, -0.05) is 6.07 Å². The van der Waals surface area contributed by atoms with E-state index in [1.54, 1.807) is 0 Å². The minimum atomic E-state index is -0.869. The van der Waals surface area contributed by atoms with Gasteiger partial charge in [0.05, 0.1) is 5.69 Å². The second-order valence-electron chi connectivity index (χ2n) is 4.34. The fourth-order valence-corrected chi connectivity index (χ4v) is 1.58. The smallest absolute Gasteiger partial charge is 0.159 e. The second kappa shape index (κ2) is 5.61. The topological polar surface area (TPSA) is 15.6 Å². The summed E-state index contributed by atoms with van der Waals surface area (Å²) in [7, 11) is 3.92. The molecule has 2 nitrogen and oxygen atoms in total. The lowest BCUT2D eigenvalue weighted by Gasteiger charge is -2.11. The van der Waals surface area contributed by atoms with Crippen LogP contribution in [-0.4, -0.2) is 20.3 Å². The molecule has 0 bridgehead atoms. The minimum absolute atomic E-state index is 0.524. The van der Waals surface area contributed by atoms with Crippen molar-refractivity contribution >= 4 is 17.6 Å². The Morgan fingerprint density at radius 3 is 2.21 bits per heavy atom. The molecule has 0 unspecified atom stereocenters. The van der Waals surface area contributed by atoms with Gasteiger partial charge in [-0.2, -0.15) is 0 Å². The number of nitrogens with zero attached hydrogens (tertiary/aromatic N) is 2. The van der Waals surface area contributed by atoms with Crippen molar-refractivity contribution < 1.29 is 8.78 Å². The van der Waals surface area contributed by atoms with Crippen molar-refractivity contribution in [3.05, 3.63) is 59.7 Å². The van der Waals surface area contributed by atoms with Crippen LogP contribution < -0.4 is 4.90 Å². The number of anilines is 1. The fraction of sp³-hybridized carbons (Fsp3) is 0.133. The zero-order valence-electron chi connectivity index (χ0n) is 10.8. The Kier molecular flexibility index (Phi) is 3.90. The first kappa shape index (κ1) is 13.2. The molecular formula is C15H14F2N2. The molecule has 0 saturated heterocycles. The molecule has 2 aromatic rings. The first-order valence-electron chi connectivity index (χ1n) is 5.83. The molecule has 0 amide bonds. The third-order valence-electron chi connectivity index (χ3n) is 2.67. The maximum atomic E-state index is 13.0. The first-order valence-corrected chi connectivity index (χ1v) is 5.83. The summed E-state index contributed by atoms with van der Waals surface area (Å²) in [5.41, 5.74) is 2.36. The van der Waals surface area contributed by atoms with Crippen LogP contribution in [0.15, 0.2) is 47.5 Å². The first-order chi connectivity index (χ1) is 9.06. The molecule has 19 heavy (non-hydrogen) atoms. The highest BCUT2D eigenvalue weighted by Gasteiger charge is 2.00. The Labute approximate surface area is 111 Å². The summed E-state index contributed by atoms with van der Waals surface area (Å²) in [6, 6.07) is 11.3. The van der Waals surface area contributed by atoms with Crippen LogP contribution >= 0.6 is 0 Å². The van der Waals surface area contributed by atoms with Crippen molar-refractivity contribution in [2.75, 3.05) is 19.0 Å². The maximum Gasteiger partial charge on any atom is 0.159 e. The Hall–Kier alpha value is -2.23. The van der Waals surface area contributed by atoms with Gasteiger partial charge in [-0.25, -0.2) is 8.78 Å². The van der Waals surface area contributed by atoms with E-state index in [-0.39, 0.29) is 0 Å². The molecule has 0 fully saturated rings. The molecule has 0 saturated carbocycles. The number of halogens is 2. The van der Waals surface area contributed by atoms with E-state index in [9.17, 15) is 8.78 Å². The molecule has 0 aliphatic carbocycles.